The fourth-order valence-corrected chi connectivity index (χ4v) is 1.84. The molecular formula is C14H19N5O2. The van der Waals surface area contributed by atoms with Crippen molar-refractivity contribution < 1.29 is 9.90 Å². The number of carboxylic acid groups (broad SMARTS) is 1. The maximum absolute atomic E-state index is 10.8. The van der Waals surface area contributed by atoms with Crippen LogP contribution in [0.15, 0.2) is 34.5 Å². The topological polar surface area (TPSA) is 103 Å². The zero-order chi connectivity index (χ0) is 15.4. The second kappa shape index (κ2) is 6.36. The summed E-state index contributed by atoms with van der Waals surface area (Å²) in [6.07, 6.45) is 1.97. The first kappa shape index (κ1) is 15.0. The van der Waals surface area contributed by atoms with Crippen molar-refractivity contribution in [1.82, 2.24) is 5.53 Å². The summed E-state index contributed by atoms with van der Waals surface area (Å²) in [6, 6.07) is 6.45. The molecule has 1 heterocycles. The van der Waals surface area contributed by atoms with Crippen LogP contribution in [0.1, 0.15) is 19.4 Å². The molecule has 0 saturated heterocycles. The average Bonchev–Trinajstić information content (AvgIpc) is 2.47. The Morgan fingerprint density at radius 2 is 2.24 bits per heavy atom. The first-order chi connectivity index (χ1) is 9.97. The van der Waals surface area contributed by atoms with Gasteiger partial charge in [0.1, 0.15) is 6.04 Å². The fourth-order valence-electron chi connectivity index (χ4n) is 1.84. The molecule has 4 N–H and O–H groups in total. The molecule has 0 saturated carbocycles. The minimum atomic E-state index is -1.01. The predicted molar refractivity (Wildman–Crippen MR) is 82.1 cm³/mol. The highest BCUT2D eigenvalue weighted by molar-refractivity contribution is 6.31. The lowest BCUT2D eigenvalue weighted by Crippen LogP contribution is -2.36. The van der Waals surface area contributed by atoms with Gasteiger partial charge in [-0.15, -0.1) is 0 Å². The smallest absolute Gasteiger partial charge is 0.320 e. The number of aliphatic carboxylic acids is 1. The standard InChI is InChI=1S/C14H19N5O2/c1-9(2)13-8-16-19(18-17-13)11-5-3-4-10(6-11)7-12(15)14(20)21/h3-6,8-9,12,18H,7,15H2,1-2H3,(H,20,21). The monoisotopic (exact) mass is 289 g/mol. The fraction of sp³-hybridized carbons (Fsp3) is 0.357. The van der Waals surface area contributed by atoms with Gasteiger partial charge in [0.05, 0.1) is 17.6 Å². The van der Waals surface area contributed by atoms with Crippen LogP contribution in [0.4, 0.5) is 5.69 Å². The van der Waals surface area contributed by atoms with Gasteiger partial charge in [0.2, 0.25) is 0 Å². The van der Waals surface area contributed by atoms with E-state index in [1.165, 1.54) is 5.12 Å². The van der Waals surface area contributed by atoms with Gasteiger partial charge in [-0.2, -0.15) is 20.9 Å². The van der Waals surface area contributed by atoms with E-state index in [4.69, 9.17) is 10.8 Å². The molecule has 0 amide bonds. The Bertz CT molecular complexity index is 582. The van der Waals surface area contributed by atoms with Crippen molar-refractivity contribution in [3.63, 3.8) is 0 Å². The number of carbonyl (C=O) groups is 1. The maximum Gasteiger partial charge on any atom is 0.320 e. The highest BCUT2D eigenvalue weighted by Gasteiger charge is 2.15. The number of hydrogen-bond acceptors (Lipinski definition) is 6. The Kier molecular flexibility index (Phi) is 4.54. The van der Waals surface area contributed by atoms with E-state index in [0.717, 1.165) is 17.0 Å². The Morgan fingerprint density at radius 3 is 2.81 bits per heavy atom. The second-order valence-corrected chi connectivity index (χ2v) is 5.17. The van der Waals surface area contributed by atoms with Crippen LogP contribution >= 0.6 is 0 Å². The Morgan fingerprint density at radius 1 is 1.48 bits per heavy atom. The molecule has 0 fully saturated rings. The lowest BCUT2D eigenvalue weighted by molar-refractivity contribution is -0.138. The van der Waals surface area contributed by atoms with Crippen molar-refractivity contribution in [3.05, 3.63) is 29.8 Å². The van der Waals surface area contributed by atoms with E-state index in [1.807, 2.05) is 38.1 Å². The van der Waals surface area contributed by atoms with Gasteiger partial charge >= 0.3 is 5.97 Å². The van der Waals surface area contributed by atoms with Crippen molar-refractivity contribution in [2.24, 2.45) is 21.9 Å². The zero-order valence-electron chi connectivity index (χ0n) is 12.0. The number of benzene rings is 1. The molecule has 0 bridgehead atoms. The van der Waals surface area contributed by atoms with E-state index in [9.17, 15) is 4.79 Å². The van der Waals surface area contributed by atoms with E-state index in [1.54, 1.807) is 6.21 Å². The summed E-state index contributed by atoms with van der Waals surface area (Å²) >= 11 is 0. The van der Waals surface area contributed by atoms with Crippen molar-refractivity contribution in [2.75, 3.05) is 5.12 Å². The first-order valence-electron chi connectivity index (χ1n) is 6.72. The summed E-state index contributed by atoms with van der Waals surface area (Å²) in [5, 5.41) is 18.9. The molecule has 1 unspecified atom stereocenters. The molecule has 0 radical (unpaired) electrons. The van der Waals surface area contributed by atoms with Crippen LogP contribution in [-0.2, 0) is 11.2 Å². The third kappa shape index (κ3) is 3.79. The van der Waals surface area contributed by atoms with Crippen LogP contribution in [0.25, 0.3) is 0 Å². The number of carboxylic acids is 1. The summed E-state index contributed by atoms with van der Waals surface area (Å²) < 4.78 is 0. The molecule has 1 atom stereocenters. The summed E-state index contributed by atoms with van der Waals surface area (Å²) in [6.45, 7) is 4.08. The summed E-state index contributed by atoms with van der Waals surface area (Å²) in [5.41, 5.74) is 10.9. The van der Waals surface area contributed by atoms with Crippen molar-refractivity contribution in [3.8, 4) is 0 Å². The van der Waals surface area contributed by atoms with Gasteiger partial charge in [-0.3, -0.25) is 4.79 Å². The molecule has 1 aromatic rings. The minimum Gasteiger partial charge on any atom is -0.480 e. The second-order valence-electron chi connectivity index (χ2n) is 5.17. The van der Waals surface area contributed by atoms with Crippen molar-refractivity contribution in [1.29, 1.82) is 0 Å². The number of hydrazine groups is 1. The van der Waals surface area contributed by atoms with Gasteiger partial charge < -0.3 is 10.8 Å². The Hall–Kier alpha value is -2.41. The van der Waals surface area contributed by atoms with E-state index in [2.05, 4.69) is 15.7 Å². The molecule has 2 rings (SSSR count). The molecule has 1 aliphatic rings. The van der Waals surface area contributed by atoms with Crippen molar-refractivity contribution >= 4 is 23.6 Å². The van der Waals surface area contributed by atoms with Gasteiger partial charge in [0, 0.05) is 0 Å². The first-order valence-corrected chi connectivity index (χ1v) is 6.72. The molecule has 0 aliphatic carbocycles. The van der Waals surface area contributed by atoms with Crippen LogP contribution in [0.5, 0.6) is 0 Å². The minimum absolute atomic E-state index is 0.265. The summed E-state index contributed by atoms with van der Waals surface area (Å²) in [5.74, 6) is -0.719. The van der Waals surface area contributed by atoms with E-state index in [0.29, 0.717) is 5.92 Å². The highest BCUT2D eigenvalue weighted by Crippen LogP contribution is 2.17. The van der Waals surface area contributed by atoms with Crippen LogP contribution in [0.2, 0.25) is 0 Å². The van der Waals surface area contributed by atoms with E-state index >= 15 is 0 Å². The summed E-state index contributed by atoms with van der Waals surface area (Å²) in [7, 11) is 0. The number of hydrogen-bond donors (Lipinski definition) is 3. The predicted octanol–water partition coefficient (Wildman–Crippen LogP) is 0.963. The number of anilines is 1. The molecule has 0 spiro atoms. The molecule has 0 aromatic heterocycles. The third-order valence-corrected chi connectivity index (χ3v) is 3.10. The molecule has 21 heavy (non-hydrogen) atoms. The quantitative estimate of drug-likeness (QED) is 0.749. The molecular weight excluding hydrogens is 270 g/mol. The van der Waals surface area contributed by atoms with Gasteiger partial charge in [0.15, 0.2) is 0 Å². The lowest BCUT2D eigenvalue weighted by Gasteiger charge is -2.22. The Labute approximate surface area is 123 Å². The number of nitrogens with two attached hydrogens (primary N) is 1. The lowest BCUT2D eigenvalue weighted by atomic mass is 10.1. The normalized spacial score (nSPS) is 15.6. The highest BCUT2D eigenvalue weighted by atomic mass is 16.4. The zero-order valence-corrected chi connectivity index (χ0v) is 12.0. The summed E-state index contributed by atoms with van der Waals surface area (Å²) in [4.78, 5) is 10.8. The van der Waals surface area contributed by atoms with Gasteiger partial charge in [-0.1, -0.05) is 26.0 Å². The van der Waals surface area contributed by atoms with Gasteiger partial charge in [-0.25, -0.2) is 0 Å². The molecule has 112 valence electrons. The largest absolute Gasteiger partial charge is 0.480 e. The number of nitrogens with one attached hydrogen (secondary N) is 1. The SMILES string of the molecule is CC(C)C1=NNN(c2cccc(CC(N)C(=O)O)c2)N=C1. The van der Waals surface area contributed by atoms with Crippen molar-refractivity contribution in [2.45, 2.75) is 26.3 Å². The molecule has 1 aliphatic heterocycles. The molecule has 1 aromatic carbocycles. The van der Waals surface area contributed by atoms with E-state index < -0.39 is 12.0 Å². The van der Waals surface area contributed by atoms with Crippen LogP contribution < -0.4 is 16.4 Å². The van der Waals surface area contributed by atoms with Crippen LogP contribution in [-0.4, -0.2) is 29.0 Å². The molecule has 7 nitrogen and oxygen atoms in total. The van der Waals surface area contributed by atoms with Crippen LogP contribution in [0.3, 0.4) is 0 Å². The Balaban J connectivity index is 2.09. The molecule has 7 heteroatoms. The van der Waals surface area contributed by atoms with Gasteiger partial charge in [0.25, 0.3) is 0 Å². The van der Waals surface area contributed by atoms with Crippen LogP contribution in [0, 0.1) is 5.92 Å². The van der Waals surface area contributed by atoms with Gasteiger partial charge in [-0.05, 0) is 30.0 Å². The third-order valence-electron chi connectivity index (χ3n) is 3.10. The number of rotatable bonds is 5. The number of hydrazone groups is 2. The maximum atomic E-state index is 10.8. The van der Waals surface area contributed by atoms with E-state index in [-0.39, 0.29) is 6.42 Å². The number of nitrogens with zero attached hydrogens (tertiary/aromatic N) is 3. The average molecular weight is 289 g/mol.